The number of aromatic amines is 1. The van der Waals surface area contributed by atoms with Gasteiger partial charge in [-0.3, -0.25) is 9.89 Å². The van der Waals surface area contributed by atoms with Crippen LogP contribution >= 0.6 is 0 Å². The van der Waals surface area contributed by atoms with Crippen LogP contribution in [0.25, 0.3) is 0 Å². The molecule has 3 heterocycles. The average Bonchev–Trinajstić information content (AvgIpc) is 3.09. The van der Waals surface area contributed by atoms with Crippen LogP contribution in [0, 0.1) is 6.92 Å². The van der Waals surface area contributed by atoms with E-state index in [9.17, 15) is 4.79 Å². The molecule has 1 aromatic heterocycles. The first-order chi connectivity index (χ1) is 12.2. The molecule has 2 atom stereocenters. The molecule has 4 rings (SSSR count). The maximum atomic E-state index is 12.9. The fourth-order valence-electron chi connectivity index (χ4n) is 4.03. The van der Waals surface area contributed by atoms with Gasteiger partial charge in [-0.15, -0.1) is 0 Å². The number of aryl methyl sites for hydroxylation is 1. The van der Waals surface area contributed by atoms with Crippen LogP contribution in [0.1, 0.15) is 53.8 Å². The smallest absolute Gasteiger partial charge is 0.225 e. The number of nitrogens with one attached hydrogen (secondary N) is 1. The van der Waals surface area contributed by atoms with Gasteiger partial charge in [0, 0.05) is 24.7 Å². The summed E-state index contributed by atoms with van der Waals surface area (Å²) in [4.78, 5) is 14.9. The molecule has 5 nitrogen and oxygen atoms in total. The fraction of sp³-hybridized carbons (Fsp3) is 0.500. The third-order valence-electron chi connectivity index (χ3n) is 5.37. The lowest BCUT2D eigenvalue weighted by Crippen LogP contribution is -2.40. The molecule has 2 aliphatic heterocycles. The van der Waals surface area contributed by atoms with E-state index < -0.39 is 0 Å². The lowest BCUT2D eigenvalue weighted by atomic mass is 9.93. The third-order valence-corrected chi connectivity index (χ3v) is 5.37. The molecule has 132 valence electrons. The molecule has 1 amide bonds. The van der Waals surface area contributed by atoms with Crippen molar-refractivity contribution in [1.29, 1.82) is 0 Å². The lowest BCUT2D eigenvalue weighted by Gasteiger charge is -2.34. The number of carbonyl (C=O) groups is 1. The fourth-order valence-corrected chi connectivity index (χ4v) is 4.03. The van der Waals surface area contributed by atoms with Crippen LogP contribution in [0.4, 0.5) is 0 Å². The summed E-state index contributed by atoms with van der Waals surface area (Å²) in [7, 11) is 0. The predicted octanol–water partition coefficient (Wildman–Crippen LogP) is 3.13. The summed E-state index contributed by atoms with van der Waals surface area (Å²) in [6.45, 7) is 4.31. The molecule has 2 aliphatic rings. The average molecular weight is 339 g/mol. The van der Waals surface area contributed by atoms with E-state index in [1.54, 1.807) is 0 Å². The van der Waals surface area contributed by atoms with Crippen LogP contribution in [0.15, 0.2) is 30.3 Å². The Kier molecular flexibility index (Phi) is 4.57. The van der Waals surface area contributed by atoms with E-state index in [2.05, 4.69) is 34.5 Å². The molecule has 0 bridgehead atoms. The molecule has 1 N–H and O–H groups in total. The molecule has 0 aliphatic carbocycles. The topological polar surface area (TPSA) is 58.2 Å². The second-order valence-corrected chi connectivity index (χ2v) is 7.17. The van der Waals surface area contributed by atoms with Crippen molar-refractivity contribution in [2.75, 3.05) is 19.7 Å². The maximum Gasteiger partial charge on any atom is 0.225 e. The van der Waals surface area contributed by atoms with Gasteiger partial charge in [0.05, 0.1) is 24.8 Å². The zero-order valence-corrected chi connectivity index (χ0v) is 14.7. The van der Waals surface area contributed by atoms with Crippen molar-refractivity contribution >= 4 is 5.91 Å². The van der Waals surface area contributed by atoms with E-state index >= 15 is 0 Å². The van der Waals surface area contributed by atoms with Gasteiger partial charge in [-0.1, -0.05) is 24.3 Å². The largest absolute Gasteiger partial charge is 0.373 e. The Morgan fingerprint density at radius 1 is 1.40 bits per heavy atom. The first-order valence-corrected chi connectivity index (χ1v) is 9.20. The molecular weight excluding hydrogens is 314 g/mol. The van der Waals surface area contributed by atoms with Crippen LogP contribution in [0.2, 0.25) is 0 Å². The summed E-state index contributed by atoms with van der Waals surface area (Å²) < 4.78 is 5.92. The van der Waals surface area contributed by atoms with Crippen molar-refractivity contribution in [1.82, 2.24) is 15.1 Å². The van der Waals surface area contributed by atoms with E-state index in [1.807, 2.05) is 17.9 Å². The minimum Gasteiger partial charge on any atom is -0.373 e. The summed E-state index contributed by atoms with van der Waals surface area (Å²) in [6.07, 6.45) is 3.39. The number of aromatic nitrogens is 2. The Labute approximate surface area is 148 Å². The molecule has 2 unspecified atom stereocenters. The third kappa shape index (κ3) is 3.47. The Morgan fingerprint density at radius 3 is 3.12 bits per heavy atom. The van der Waals surface area contributed by atoms with Crippen molar-refractivity contribution < 1.29 is 9.53 Å². The standard InChI is InChI=1S/C20H25N3O2/c1-14-11-18(22-21-14)16-6-4-9-23(13-16)20(24)12-19-17-7-3-2-5-15(17)8-10-25-19/h2-3,5,7,11,16,19H,4,6,8-10,12-13H2,1H3,(H,21,22). The number of rotatable bonds is 3. The first-order valence-electron chi connectivity index (χ1n) is 9.20. The van der Waals surface area contributed by atoms with E-state index in [0.29, 0.717) is 18.9 Å². The maximum absolute atomic E-state index is 12.9. The van der Waals surface area contributed by atoms with Gasteiger partial charge in [0.2, 0.25) is 5.91 Å². The molecule has 1 fully saturated rings. The summed E-state index contributed by atoms with van der Waals surface area (Å²) in [5.74, 6) is 0.529. The number of H-pyrrole nitrogens is 1. The normalized spacial score (nSPS) is 23.3. The number of ether oxygens (including phenoxy) is 1. The van der Waals surface area contributed by atoms with E-state index in [-0.39, 0.29) is 12.0 Å². The van der Waals surface area contributed by atoms with E-state index in [1.165, 1.54) is 11.1 Å². The number of hydrogen-bond acceptors (Lipinski definition) is 3. The molecule has 25 heavy (non-hydrogen) atoms. The number of fused-ring (bicyclic) bond motifs is 1. The molecule has 1 saturated heterocycles. The van der Waals surface area contributed by atoms with Crippen molar-refractivity contribution in [3.63, 3.8) is 0 Å². The SMILES string of the molecule is Cc1cc(C2CCCN(C(=O)CC3OCCc4ccccc43)C2)n[nH]1. The number of carbonyl (C=O) groups excluding carboxylic acids is 1. The van der Waals surface area contributed by atoms with Crippen molar-refractivity contribution in [2.45, 2.75) is 44.6 Å². The van der Waals surface area contributed by atoms with Crippen LogP contribution in [0.5, 0.6) is 0 Å². The summed E-state index contributed by atoms with van der Waals surface area (Å²) in [6, 6.07) is 10.4. The first kappa shape index (κ1) is 16.3. The lowest BCUT2D eigenvalue weighted by molar-refractivity contribution is -0.135. The monoisotopic (exact) mass is 339 g/mol. The Hall–Kier alpha value is -2.14. The van der Waals surface area contributed by atoms with E-state index in [0.717, 1.165) is 43.7 Å². The van der Waals surface area contributed by atoms with Gasteiger partial charge >= 0.3 is 0 Å². The summed E-state index contributed by atoms with van der Waals surface area (Å²) >= 11 is 0. The minimum atomic E-state index is -0.106. The molecule has 0 saturated carbocycles. The van der Waals surface area contributed by atoms with Crippen molar-refractivity contribution in [3.8, 4) is 0 Å². The number of likely N-dealkylation sites (tertiary alicyclic amines) is 1. The second-order valence-electron chi connectivity index (χ2n) is 7.17. The molecule has 0 spiro atoms. The number of benzene rings is 1. The predicted molar refractivity (Wildman–Crippen MR) is 95.3 cm³/mol. The molecule has 1 aromatic carbocycles. The van der Waals surface area contributed by atoms with Gasteiger partial charge in [-0.2, -0.15) is 5.10 Å². The van der Waals surface area contributed by atoms with Crippen LogP contribution in [-0.2, 0) is 16.0 Å². The highest BCUT2D eigenvalue weighted by Crippen LogP contribution is 2.32. The Balaban J connectivity index is 1.43. The molecule has 5 heteroatoms. The number of hydrogen-bond donors (Lipinski definition) is 1. The highest BCUT2D eigenvalue weighted by atomic mass is 16.5. The van der Waals surface area contributed by atoms with Gasteiger partial charge in [0.15, 0.2) is 0 Å². The van der Waals surface area contributed by atoms with Gasteiger partial charge in [-0.25, -0.2) is 0 Å². The van der Waals surface area contributed by atoms with E-state index in [4.69, 9.17) is 4.74 Å². The Bertz CT molecular complexity index is 755. The zero-order valence-electron chi connectivity index (χ0n) is 14.7. The highest BCUT2D eigenvalue weighted by molar-refractivity contribution is 5.77. The number of nitrogens with zero attached hydrogens (tertiary/aromatic N) is 2. The molecule has 2 aromatic rings. The van der Waals surface area contributed by atoms with Gasteiger partial charge in [0.1, 0.15) is 0 Å². The summed E-state index contributed by atoms with van der Waals surface area (Å²) in [5.41, 5.74) is 4.65. The minimum absolute atomic E-state index is 0.106. The molecular formula is C20H25N3O2. The summed E-state index contributed by atoms with van der Waals surface area (Å²) in [5, 5.41) is 7.40. The van der Waals surface area contributed by atoms with Gasteiger partial charge < -0.3 is 9.64 Å². The quantitative estimate of drug-likeness (QED) is 0.935. The second kappa shape index (κ2) is 7.00. The number of piperidine rings is 1. The Morgan fingerprint density at radius 2 is 2.28 bits per heavy atom. The highest BCUT2D eigenvalue weighted by Gasteiger charge is 2.29. The van der Waals surface area contributed by atoms with Crippen LogP contribution in [-0.4, -0.2) is 40.7 Å². The van der Waals surface area contributed by atoms with Gasteiger partial charge in [0.25, 0.3) is 0 Å². The zero-order chi connectivity index (χ0) is 17.2. The van der Waals surface area contributed by atoms with Crippen molar-refractivity contribution in [3.05, 3.63) is 52.8 Å². The van der Waals surface area contributed by atoms with Crippen LogP contribution in [0.3, 0.4) is 0 Å². The van der Waals surface area contributed by atoms with Gasteiger partial charge in [-0.05, 0) is 43.4 Å². The van der Waals surface area contributed by atoms with Crippen molar-refractivity contribution in [2.24, 2.45) is 0 Å². The molecule has 0 radical (unpaired) electrons. The number of amides is 1. The van der Waals surface area contributed by atoms with Crippen LogP contribution < -0.4 is 0 Å².